The van der Waals surface area contributed by atoms with Crippen LogP contribution in [-0.4, -0.2) is 61.1 Å². The van der Waals surface area contributed by atoms with Crippen LogP contribution < -0.4 is 5.73 Å². The highest BCUT2D eigenvalue weighted by atomic mass is 16.6. The smallest absolute Gasteiger partial charge is 0.410 e. The van der Waals surface area contributed by atoms with Crippen molar-refractivity contribution in [3.05, 3.63) is 0 Å². The van der Waals surface area contributed by atoms with Gasteiger partial charge in [0, 0.05) is 0 Å². The summed E-state index contributed by atoms with van der Waals surface area (Å²) in [5.41, 5.74) is 5.28. The number of carbonyl (C=O) groups excluding carboxylic acids is 1. The van der Waals surface area contributed by atoms with E-state index >= 15 is 0 Å². The number of fused-ring (bicyclic) bond motifs is 1. The standard InChI is InChI=1S/C12H22N2O4/c1-12(2,3)18-11(15)14-4-9-10(5-14)17-7-8(13)6-16-9/h8-10H,4-7,13H2,1-3H3. The maximum Gasteiger partial charge on any atom is 0.410 e. The largest absolute Gasteiger partial charge is 0.444 e. The van der Waals surface area contributed by atoms with E-state index in [1.165, 1.54) is 0 Å². The number of hydrogen-bond donors (Lipinski definition) is 1. The second-order valence-corrected chi connectivity index (χ2v) is 5.89. The molecular weight excluding hydrogens is 236 g/mol. The van der Waals surface area contributed by atoms with Crippen molar-refractivity contribution in [1.82, 2.24) is 4.90 Å². The van der Waals surface area contributed by atoms with Gasteiger partial charge < -0.3 is 24.8 Å². The minimum atomic E-state index is -0.480. The van der Waals surface area contributed by atoms with Crippen LogP contribution in [0.3, 0.4) is 0 Å². The number of hydrogen-bond acceptors (Lipinski definition) is 5. The van der Waals surface area contributed by atoms with Gasteiger partial charge in [-0.1, -0.05) is 0 Å². The van der Waals surface area contributed by atoms with Crippen LogP contribution in [0.4, 0.5) is 4.79 Å². The number of nitrogens with two attached hydrogens (primary N) is 1. The average molecular weight is 258 g/mol. The summed E-state index contributed by atoms with van der Waals surface area (Å²) < 4.78 is 16.6. The molecule has 18 heavy (non-hydrogen) atoms. The van der Waals surface area contributed by atoms with Crippen molar-refractivity contribution in [2.75, 3.05) is 26.3 Å². The average Bonchev–Trinajstić information content (AvgIpc) is 2.57. The zero-order chi connectivity index (χ0) is 13.3. The Hall–Kier alpha value is -0.850. The van der Waals surface area contributed by atoms with E-state index < -0.39 is 5.60 Å². The molecule has 0 saturated carbocycles. The zero-order valence-electron chi connectivity index (χ0n) is 11.2. The molecular formula is C12H22N2O4. The number of rotatable bonds is 0. The fourth-order valence-electron chi connectivity index (χ4n) is 2.08. The highest BCUT2D eigenvalue weighted by Crippen LogP contribution is 2.21. The molecule has 6 nitrogen and oxygen atoms in total. The number of carbonyl (C=O) groups is 1. The second kappa shape index (κ2) is 5.03. The van der Waals surface area contributed by atoms with Gasteiger partial charge in [-0.25, -0.2) is 4.79 Å². The molecule has 2 heterocycles. The summed E-state index contributed by atoms with van der Waals surface area (Å²) in [6.45, 7) is 7.52. The van der Waals surface area contributed by atoms with Crippen LogP contribution in [-0.2, 0) is 14.2 Å². The predicted octanol–water partition coefficient (Wildman–Crippen LogP) is 0.348. The molecule has 2 rings (SSSR count). The first-order chi connectivity index (χ1) is 8.35. The summed E-state index contributed by atoms with van der Waals surface area (Å²) in [6.07, 6.45) is -0.496. The Morgan fingerprint density at radius 2 is 1.72 bits per heavy atom. The summed E-state index contributed by atoms with van der Waals surface area (Å²) in [4.78, 5) is 13.6. The van der Waals surface area contributed by atoms with E-state index in [-0.39, 0.29) is 24.3 Å². The molecule has 2 N–H and O–H groups in total. The molecule has 0 aromatic carbocycles. The van der Waals surface area contributed by atoms with Gasteiger partial charge in [-0.2, -0.15) is 0 Å². The Morgan fingerprint density at radius 3 is 2.17 bits per heavy atom. The molecule has 0 aromatic rings. The third kappa shape index (κ3) is 3.34. The Morgan fingerprint density at radius 1 is 1.22 bits per heavy atom. The second-order valence-electron chi connectivity index (χ2n) is 5.89. The van der Waals surface area contributed by atoms with Crippen LogP contribution in [0, 0.1) is 0 Å². The Bertz CT molecular complexity index is 300. The zero-order valence-corrected chi connectivity index (χ0v) is 11.2. The molecule has 2 fully saturated rings. The number of likely N-dealkylation sites (tertiary alicyclic amines) is 1. The molecule has 0 spiro atoms. The summed E-state index contributed by atoms with van der Waals surface area (Å²) in [5.74, 6) is 0. The van der Waals surface area contributed by atoms with Crippen molar-refractivity contribution in [2.45, 2.75) is 44.6 Å². The normalized spacial score (nSPS) is 32.9. The molecule has 104 valence electrons. The van der Waals surface area contributed by atoms with Gasteiger partial charge in [0.25, 0.3) is 0 Å². The first-order valence-corrected chi connectivity index (χ1v) is 6.32. The van der Waals surface area contributed by atoms with Crippen molar-refractivity contribution in [3.63, 3.8) is 0 Å². The lowest BCUT2D eigenvalue weighted by Gasteiger charge is -2.24. The highest BCUT2D eigenvalue weighted by molar-refractivity contribution is 5.68. The van der Waals surface area contributed by atoms with Crippen LogP contribution >= 0.6 is 0 Å². The molecule has 2 aliphatic heterocycles. The molecule has 6 heteroatoms. The summed E-state index contributed by atoms with van der Waals surface area (Å²) in [7, 11) is 0. The van der Waals surface area contributed by atoms with Crippen LogP contribution in [0.1, 0.15) is 20.8 Å². The van der Waals surface area contributed by atoms with Crippen LogP contribution in [0.15, 0.2) is 0 Å². The van der Waals surface area contributed by atoms with Crippen molar-refractivity contribution in [2.24, 2.45) is 5.73 Å². The van der Waals surface area contributed by atoms with Gasteiger partial charge in [0.15, 0.2) is 0 Å². The molecule has 2 unspecified atom stereocenters. The summed E-state index contributed by atoms with van der Waals surface area (Å²) >= 11 is 0. The first kappa shape index (κ1) is 13.6. The van der Waals surface area contributed by atoms with Gasteiger partial charge in [-0.3, -0.25) is 0 Å². The topological polar surface area (TPSA) is 74.0 Å². The fourth-order valence-corrected chi connectivity index (χ4v) is 2.08. The summed E-state index contributed by atoms with van der Waals surface area (Å²) in [5, 5.41) is 0. The van der Waals surface area contributed by atoms with E-state index in [4.69, 9.17) is 19.9 Å². The Labute approximate surface area is 107 Å². The monoisotopic (exact) mass is 258 g/mol. The molecule has 2 atom stereocenters. The van der Waals surface area contributed by atoms with Crippen LogP contribution in [0.25, 0.3) is 0 Å². The fraction of sp³-hybridized carbons (Fsp3) is 0.917. The van der Waals surface area contributed by atoms with E-state index in [0.29, 0.717) is 26.3 Å². The SMILES string of the molecule is CC(C)(C)OC(=O)N1CC2OCC(N)COC2C1. The van der Waals surface area contributed by atoms with Crippen LogP contribution in [0.2, 0.25) is 0 Å². The molecule has 0 aliphatic carbocycles. The lowest BCUT2D eigenvalue weighted by atomic mass is 10.2. The number of nitrogens with zero attached hydrogens (tertiary/aromatic N) is 1. The number of ether oxygens (including phenoxy) is 3. The van der Waals surface area contributed by atoms with E-state index in [1.807, 2.05) is 20.8 Å². The van der Waals surface area contributed by atoms with Crippen molar-refractivity contribution < 1.29 is 19.0 Å². The quantitative estimate of drug-likeness (QED) is 0.678. The molecule has 0 radical (unpaired) electrons. The lowest BCUT2D eigenvalue weighted by Crippen LogP contribution is -2.37. The van der Waals surface area contributed by atoms with Crippen LogP contribution in [0.5, 0.6) is 0 Å². The van der Waals surface area contributed by atoms with E-state index in [9.17, 15) is 4.79 Å². The van der Waals surface area contributed by atoms with Gasteiger partial charge in [0.1, 0.15) is 17.8 Å². The van der Waals surface area contributed by atoms with E-state index in [0.717, 1.165) is 0 Å². The van der Waals surface area contributed by atoms with Crippen molar-refractivity contribution >= 4 is 6.09 Å². The molecule has 0 bridgehead atoms. The van der Waals surface area contributed by atoms with Gasteiger partial charge in [0.05, 0.1) is 32.3 Å². The van der Waals surface area contributed by atoms with E-state index in [2.05, 4.69) is 0 Å². The predicted molar refractivity (Wildman–Crippen MR) is 65.3 cm³/mol. The lowest BCUT2D eigenvalue weighted by molar-refractivity contribution is -0.00461. The first-order valence-electron chi connectivity index (χ1n) is 6.32. The third-order valence-electron chi connectivity index (χ3n) is 2.92. The summed E-state index contributed by atoms with van der Waals surface area (Å²) in [6, 6.07) is -0.0782. The third-order valence-corrected chi connectivity index (χ3v) is 2.92. The van der Waals surface area contributed by atoms with E-state index in [1.54, 1.807) is 4.90 Å². The molecule has 0 aromatic heterocycles. The molecule has 2 aliphatic rings. The number of amides is 1. The maximum atomic E-state index is 11.9. The van der Waals surface area contributed by atoms with Gasteiger partial charge >= 0.3 is 6.09 Å². The Kier molecular flexibility index (Phi) is 3.79. The minimum Gasteiger partial charge on any atom is -0.444 e. The minimum absolute atomic E-state index is 0.0782. The highest BCUT2D eigenvalue weighted by Gasteiger charge is 2.40. The van der Waals surface area contributed by atoms with Crippen molar-refractivity contribution in [3.8, 4) is 0 Å². The van der Waals surface area contributed by atoms with Gasteiger partial charge in [0.2, 0.25) is 0 Å². The van der Waals surface area contributed by atoms with Gasteiger partial charge in [-0.15, -0.1) is 0 Å². The van der Waals surface area contributed by atoms with Crippen molar-refractivity contribution in [1.29, 1.82) is 0 Å². The maximum absolute atomic E-state index is 11.9. The Balaban J connectivity index is 1.90. The molecule has 1 amide bonds. The van der Waals surface area contributed by atoms with Gasteiger partial charge in [-0.05, 0) is 20.8 Å². The molecule has 2 saturated heterocycles.